The van der Waals surface area contributed by atoms with Crippen LogP contribution in [-0.4, -0.2) is 23.7 Å². The summed E-state index contributed by atoms with van der Waals surface area (Å²) in [5.74, 6) is -2.21. The van der Waals surface area contributed by atoms with E-state index in [0.717, 1.165) is 6.07 Å². The molecule has 6 heteroatoms. The molecule has 0 bridgehead atoms. The maximum Gasteiger partial charge on any atom is 0.247 e. The van der Waals surface area contributed by atoms with E-state index in [0.29, 0.717) is 5.56 Å². The highest BCUT2D eigenvalue weighted by atomic mass is 19.1. The van der Waals surface area contributed by atoms with Crippen molar-refractivity contribution in [1.82, 2.24) is 5.32 Å². The van der Waals surface area contributed by atoms with Gasteiger partial charge in [-0.1, -0.05) is 0 Å². The maximum absolute atomic E-state index is 12.9. The molecule has 0 aromatic heterocycles. The fourth-order valence-electron chi connectivity index (χ4n) is 1.33. The molecular weight excluding hydrogens is 230 g/mol. The van der Waals surface area contributed by atoms with E-state index in [1.807, 2.05) is 0 Å². The number of amides is 1. The predicted molar refractivity (Wildman–Crippen MR) is 58.0 cm³/mol. The molecule has 1 rings (SSSR count). The van der Waals surface area contributed by atoms with E-state index in [1.54, 1.807) is 6.92 Å². The Labute approximate surface area is 97.4 Å². The lowest BCUT2D eigenvalue weighted by Crippen LogP contribution is -2.38. The van der Waals surface area contributed by atoms with Crippen LogP contribution in [0.4, 0.5) is 8.78 Å². The number of hydrogen-bond donors (Lipinski definition) is 3. The minimum absolute atomic E-state index is 0.0748. The summed E-state index contributed by atoms with van der Waals surface area (Å²) < 4.78 is 25.8. The van der Waals surface area contributed by atoms with Crippen molar-refractivity contribution in [1.29, 1.82) is 0 Å². The van der Waals surface area contributed by atoms with Crippen LogP contribution < -0.4 is 11.1 Å². The van der Waals surface area contributed by atoms with Crippen LogP contribution in [0.25, 0.3) is 0 Å². The Morgan fingerprint density at radius 2 is 1.94 bits per heavy atom. The molecule has 94 valence electrons. The Bertz CT molecular complexity index is 392. The summed E-state index contributed by atoms with van der Waals surface area (Å²) in [6.07, 6.45) is -1.32. The predicted octanol–water partition coefficient (Wildman–Crippen LogP) is 0.462. The largest absolute Gasteiger partial charge is 0.382 e. The van der Waals surface area contributed by atoms with Gasteiger partial charge in [0.1, 0.15) is 17.7 Å². The SMILES string of the molecule is CC(NCC(O)C(N)=O)c1cc(F)cc(F)c1. The van der Waals surface area contributed by atoms with E-state index in [2.05, 4.69) is 5.32 Å². The van der Waals surface area contributed by atoms with Crippen molar-refractivity contribution in [2.24, 2.45) is 5.73 Å². The minimum atomic E-state index is -1.32. The molecule has 4 N–H and O–H groups in total. The molecule has 1 aromatic rings. The van der Waals surface area contributed by atoms with Crippen molar-refractivity contribution in [2.75, 3.05) is 6.54 Å². The number of carbonyl (C=O) groups is 1. The van der Waals surface area contributed by atoms with Crippen molar-refractivity contribution >= 4 is 5.91 Å². The third-order valence-electron chi connectivity index (χ3n) is 2.33. The van der Waals surface area contributed by atoms with Gasteiger partial charge in [-0.2, -0.15) is 0 Å². The first-order valence-corrected chi connectivity index (χ1v) is 5.07. The van der Waals surface area contributed by atoms with Crippen molar-refractivity contribution in [3.63, 3.8) is 0 Å². The van der Waals surface area contributed by atoms with Gasteiger partial charge in [0.15, 0.2) is 0 Å². The Balaban J connectivity index is 2.63. The van der Waals surface area contributed by atoms with Gasteiger partial charge in [0.2, 0.25) is 5.91 Å². The average molecular weight is 244 g/mol. The zero-order valence-electron chi connectivity index (χ0n) is 9.28. The fraction of sp³-hybridized carbons (Fsp3) is 0.364. The number of benzene rings is 1. The monoisotopic (exact) mass is 244 g/mol. The van der Waals surface area contributed by atoms with Crippen LogP contribution in [0, 0.1) is 11.6 Å². The first-order valence-electron chi connectivity index (χ1n) is 5.07. The van der Waals surface area contributed by atoms with Gasteiger partial charge in [-0.05, 0) is 24.6 Å². The number of aliphatic hydroxyl groups excluding tert-OH is 1. The molecule has 0 radical (unpaired) electrons. The summed E-state index contributed by atoms with van der Waals surface area (Å²) in [5, 5.41) is 11.9. The molecule has 0 aliphatic rings. The lowest BCUT2D eigenvalue weighted by Gasteiger charge is -2.16. The van der Waals surface area contributed by atoms with Crippen molar-refractivity contribution in [3.05, 3.63) is 35.4 Å². The summed E-state index contributed by atoms with van der Waals surface area (Å²) >= 11 is 0. The van der Waals surface area contributed by atoms with Gasteiger partial charge in [0, 0.05) is 18.7 Å². The molecule has 0 saturated heterocycles. The molecule has 1 amide bonds. The van der Waals surface area contributed by atoms with Crippen LogP contribution >= 0.6 is 0 Å². The minimum Gasteiger partial charge on any atom is -0.382 e. The number of hydrogen-bond acceptors (Lipinski definition) is 3. The van der Waals surface area contributed by atoms with Gasteiger partial charge in [0.05, 0.1) is 0 Å². The van der Waals surface area contributed by atoms with Gasteiger partial charge >= 0.3 is 0 Å². The standard InChI is InChI=1S/C11H14F2N2O2/c1-6(15-5-10(16)11(14)17)7-2-8(12)4-9(13)3-7/h2-4,6,10,15-16H,5H2,1H3,(H2,14,17). The number of nitrogens with two attached hydrogens (primary N) is 1. The number of carbonyl (C=O) groups excluding carboxylic acids is 1. The van der Waals surface area contributed by atoms with Crippen LogP contribution in [0.2, 0.25) is 0 Å². The quantitative estimate of drug-likeness (QED) is 0.704. The Morgan fingerprint density at radius 3 is 2.41 bits per heavy atom. The molecule has 0 fully saturated rings. The van der Waals surface area contributed by atoms with Crippen LogP contribution in [-0.2, 0) is 4.79 Å². The summed E-state index contributed by atoms with van der Waals surface area (Å²) in [6, 6.07) is 2.72. The number of rotatable bonds is 5. The average Bonchev–Trinajstić information content (AvgIpc) is 2.23. The second-order valence-electron chi connectivity index (χ2n) is 3.75. The third kappa shape index (κ3) is 4.08. The van der Waals surface area contributed by atoms with E-state index in [1.165, 1.54) is 12.1 Å². The topological polar surface area (TPSA) is 75.3 Å². The zero-order chi connectivity index (χ0) is 13.0. The van der Waals surface area contributed by atoms with Crippen LogP contribution in [0.1, 0.15) is 18.5 Å². The Hall–Kier alpha value is -1.53. The summed E-state index contributed by atoms with van der Waals surface area (Å²) in [6.45, 7) is 1.58. The number of nitrogens with one attached hydrogen (secondary N) is 1. The van der Waals surface area contributed by atoms with Crippen molar-refractivity contribution in [3.8, 4) is 0 Å². The van der Waals surface area contributed by atoms with Gasteiger partial charge in [-0.15, -0.1) is 0 Å². The number of aliphatic hydroxyl groups is 1. The van der Waals surface area contributed by atoms with E-state index < -0.39 is 29.7 Å². The molecule has 0 spiro atoms. The maximum atomic E-state index is 12.9. The third-order valence-corrected chi connectivity index (χ3v) is 2.33. The second kappa shape index (κ2) is 5.70. The molecule has 0 aliphatic heterocycles. The first kappa shape index (κ1) is 13.5. The fourth-order valence-corrected chi connectivity index (χ4v) is 1.33. The normalized spacial score (nSPS) is 14.4. The lowest BCUT2D eigenvalue weighted by atomic mass is 10.1. The second-order valence-corrected chi connectivity index (χ2v) is 3.75. The summed E-state index contributed by atoms with van der Waals surface area (Å²) in [5.41, 5.74) is 5.25. The van der Waals surface area contributed by atoms with E-state index in [4.69, 9.17) is 10.8 Å². The van der Waals surface area contributed by atoms with Crippen LogP contribution in [0.3, 0.4) is 0 Å². The Morgan fingerprint density at radius 1 is 1.41 bits per heavy atom. The number of halogens is 2. The molecule has 1 aromatic carbocycles. The molecule has 0 saturated carbocycles. The van der Waals surface area contributed by atoms with Gasteiger partial charge < -0.3 is 16.2 Å². The Kier molecular flexibility index (Phi) is 4.53. The zero-order valence-corrected chi connectivity index (χ0v) is 9.28. The first-order chi connectivity index (χ1) is 7.90. The molecule has 2 atom stereocenters. The van der Waals surface area contributed by atoms with E-state index in [9.17, 15) is 13.6 Å². The molecule has 0 heterocycles. The highest BCUT2D eigenvalue weighted by Gasteiger charge is 2.13. The molecule has 4 nitrogen and oxygen atoms in total. The van der Waals surface area contributed by atoms with Crippen molar-refractivity contribution < 1.29 is 18.7 Å². The van der Waals surface area contributed by atoms with Crippen LogP contribution in [0.5, 0.6) is 0 Å². The van der Waals surface area contributed by atoms with Gasteiger partial charge in [-0.3, -0.25) is 4.79 Å². The molecule has 17 heavy (non-hydrogen) atoms. The highest BCUT2D eigenvalue weighted by molar-refractivity contribution is 5.78. The molecule has 2 unspecified atom stereocenters. The summed E-state index contributed by atoms with van der Waals surface area (Å²) in [7, 11) is 0. The summed E-state index contributed by atoms with van der Waals surface area (Å²) in [4.78, 5) is 10.6. The lowest BCUT2D eigenvalue weighted by molar-refractivity contribution is -0.125. The molecule has 0 aliphatic carbocycles. The van der Waals surface area contributed by atoms with Gasteiger partial charge in [-0.25, -0.2) is 8.78 Å². The molecular formula is C11H14F2N2O2. The highest BCUT2D eigenvalue weighted by Crippen LogP contribution is 2.15. The van der Waals surface area contributed by atoms with E-state index in [-0.39, 0.29) is 6.54 Å². The smallest absolute Gasteiger partial charge is 0.247 e. The van der Waals surface area contributed by atoms with E-state index >= 15 is 0 Å². The van der Waals surface area contributed by atoms with Gasteiger partial charge in [0.25, 0.3) is 0 Å². The number of primary amides is 1. The van der Waals surface area contributed by atoms with Crippen molar-refractivity contribution in [2.45, 2.75) is 19.1 Å². The van der Waals surface area contributed by atoms with Crippen LogP contribution in [0.15, 0.2) is 18.2 Å².